The topological polar surface area (TPSA) is 71.1 Å². The van der Waals surface area contributed by atoms with E-state index in [2.05, 4.69) is 24.1 Å². The molecule has 1 aromatic carbocycles. The molecule has 0 spiro atoms. The van der Waals surface area contributed by atoms with E-state index in [0.717, 1.165) is 25.3 Å². The van der Waals surface area contributed by atoms with E-state index in [1.807, 2.05) is 18.2 Å². The van der Waals surface area contributed by atoms with Crippen LogP contribution in [0, 0.1) is 5.92 Å². The van der Waals surface area contributed by atoms with Gasteiger partial charge in [0.2, 0.25) is 11.8 Å². The van der Waals surface area contributed by atoms with Crippen molar-refractivity contribution in [1.82, 2.24) is 10.2 Å². The van der Waals surface area contributed by atoms with Gasteiger partial charge in [0.1, 0.15) is 13.2 Å². The number of hydrogen-bond acceptors (Lipinski definition) is 5. The first-order chi connectivity index (χ1) is 13.9. The molecule has 0 radical (unpaired) electrons. The minimum Gasteiger partial charge on any atom is -0.486 e. The van der Waals surface area contributed by atoms with Crippen molar-refractivity contribution in [3.8, 4) is 11.5 Å². The number of likely N-dealkylation sites (tertiary alicyclic amines) is 1. The Labute approximate surface area is 172 Å². The Morgan fingerprint density at radius 1 is 1.14 bits per heavy atom. The lowest BCUT2D eigenvalue weighted by molar-refractivity contribution is -0.128. The van der Waals surface area contributed by atoms with Crippen LogP contribution in [0.2, 0.25) is 0 Å². The van der Waals surface area contributed by atoms with Gasteiger partial charge in [-0.25, -0.2) is 0 Å². The van der Waals surface area contributed by atoms with E-state index in [1.54, 1.807) is 4.90 Å². The zero-order chi connectivity index (χ0) is 20.4. The van der Waals surface area contributed by atoms with Crippen LogP contribution in [0.5, 0.6) is 11.5 Å². The van der Waals surface area contributed by atoms with E-state index in [9.17, 15) is 9.59 Å². The molecule has 3 aliphatic heterocycles. The number of benzene rings is 1. The number of carbonyl (C=O) groups is 2. The van der Waals surface area contributed by atoms with Crippen LogP contribution < -0.4 is 19.7 Å². The summed E-state index contributed by atoms with van der Waals surface area (Å²) >= 11 is 0. The lowest BCUT2D eigenvalue weighted by atomic mass is 10.00. The van der Waals surface area contributed by atoms with Crippen molar-refractivity contribution in [2.24, 2.45) is 5.92 Å². The minimum absolute atomic E-state index is 0.0318. The highest BCUT2D eigenvalue weighted by Gasteiger charge is 2.37. The third kappa shape index (κ3) is 4.66. The Hall–Kier alpha value is -2.28. The number of carbonyl (C=O) groups excluding carboxylic acids is 2. The van der Waals surface area contributed by atoms with Gasteiger partial charge in [-0.2, -0.15) is 0 Å². The van der Waals surface area contributed by atoms with Gasteiger partial charge in [-0.3, -0.25) is 9.59 Å². The summed E-state index contributed by atoms with van der Waals surface area (Å²) in [5.41, 5.74) is 0.434. The Balaban J connectivity index is 1.37. The summed E-state index contributed by atoms with van der Waals surface area (Å²) in [6, 6.07) is 5.51. The van der Waals surface area contributed by atoms with Crippen molar-refractivity contribution in [3.63, 3.8) is 0 Å². The quantitative estimate of drug-likeness (QED) is 0.819. The predicted molar refractivity (Wildman–Crippen MR) is 110 cm³/mol. The van der Waals surface area contributed by atoms with Gasteiger partial charge in [-0.05, 0) is 51.9 Å². The molecule has 0 bridgehead atoms. The van der Waals surface area contributed by atoms with Gasteiger partial charge in [-0.1, -0.05) is 6.42 Å². The summed E-state index contributed by atoms with van der Waals surface area (Å²) in [5, 5.41) is 3.18. The molecule has 2 fully saturated rings. The van der Waals surface area contributed by atoms with E-state index in [0.29, 0.717) is 31.3 Å². The van der Waals surface area contributed by atoms with Crippen molar-refractivity contribution < 1.29 is 19.1 Å². The molecule has 4 rings (SSSR count). The molecule has 1 N–H and O–H groups in total. The molecule has 29 heavy (non-hydrogen) atoms. The third-order valence-corrected chi connectivity index (χ3v) is 5.86. The number of nitrogens with one attached hydrogen (secondary N) is 1. The van der Waals surface area contributed by atoms with E-state index >= 15 is 0 Å². The highest BCUT2D eigenvalue weighted by Crippen LogP contribution is 2.36. The van der Waals surface area contributed by atoms with Gasteiger partial charge in [-0.15, -0.1) is 0 Å². The second-order valence-corrected chi connectivity index (χ2v) is 8.94. The maximum Gasteiger partial charge on any atom is 0.227 e. The molecule has 2 amide bonds. The first kappa shape index (κ1) is 20.0. The number of piperidine rings is 1. The van der Waals surface area contributed by atoms with Crippen LogP contribution in [0.1, 0.15) is 39.5 Å². The molecule has 2 saturated heterocycles. The van der Waals surface area contributed by atoms with Crippen molar-refractivity contribution in [2.45, 2.75) is 45.1 Å². The smallest absolute Gasteiger partial charge is 0.227 e. The highest BCUT2D eigenvalue weighted by molar-refractivity contribution is 6.00. The average molecular weight is 402 g/mol. The number of hydrogen-bond donors (Lipinski definition) is 1. The van der Waals surface area contributed by atoms with Crippen molar-refractivity contribution >= 4 is 17.5 Å². The normalized spacial score (nSPS) is 22.6. The average Bonchev–Trinajstić information content (AvgIpc) is 3.09. The number of anilines is 1. The number of fused-ring (bicyclic) bond motifs is 1. The molecule has 158 valence electrons. The molecule has 1 unspecified atom stereocenters. The number of rotatable bonds is 5. The molecule has 0 saturated carbocycles. The first-order valence-electron chi connectivity index (χ1n) is 10.7. The Bertz CT molecular complexity index is 773. The van der Waals surface area contributed by atoms with Crippen LogP contribution in [0.3, 0.4) is 0 Å². The Kier molecular flexibility index (Phi) is 5.67. The van der Waals surface area contributed by atoms with Crippen LogP contribution in [-0.2, 0) is 9.59 Å². The fourth-order valence-electron chi connectivity index (χ4n) is 4.48. The number of ether oxygens (including phenoxy) is 2. The van der Waals surface area contributed by atoms with Gasteiger partial charge in [0.05, 0.1) is 5.92 Å². The molecule has 0 aromatic heterocycles. The third-order valence-electron chi connectivity index (χ3n) is 5.86. The van der Waals surface area contributed by atoms with Crippen LogP contribution in [0.15, 0.2) is 18.2 Å². The number of nitrogens with zero attached hydrogens (tertiary/aromatic N) is 2. The molecule has 0 aliphatic carbocycles. The van der Waals surface area contributed by atoms with Crippen molar-refractivity contribution in [1.29, 1.82) is 0 Å². The summed E-state index contributed by atoms with van der Waals surface area (Å²) in [5.74, 6) is 0.935. The zero-order valence-corrected chi connectivity index (χ0v) is 17.4. The maximum atomic E-state index is 12.9. The summed E-state index contributed by atoms with van der Waals surface area (Å²) in [6.45, 7) is 8.59. The van der Waals surface area contributed by atoms with Gasteiger partial charge in [0.15, 0.2) is 11.5 Å². The predicted octanol–water partition coefficient (Wildman–Crippen LogP) is 2.19. The van der Waals surface area contributed by atoms with Crippen LogP contribution in [-0.4, -0.2) is 61.6 Å². The summed E-state index contributed by atoms with van der Waals surface area (Å²) in [4.78, 5) is 29.6. The summed E-state index contributed by atoms with van der Waals surface area (Å²) < 4.78 is 11.2. The van der Waals surface area contributed by atoms with Gasteiger partial charge in [0.25, 0.3) is 0 Å². The van der Waals surface area contributed by atoms with Crippen molar-refractivity contribution in [2.75, 3.05) is 44.3 Å². The summed E-state index contributed by atoms with van der Waals surface area (Å²) in [7, 11) is 0. The highest BCUT2D eigenvalue weighted by atomic mass is 16.6. The fourth-order valence-corrected chi connectivity index (χ4v) is 4.48. The first-order valence-corrected chi connectivity index (χ1v) is 10.7. The fraction of sp³-hybridized carbons (Fsp3) is 0.636. The van der Waals surface area contributed by atoms with E-state index < -0.39 is 0 Å². The maximum absolute atomic E-state index is 12.9. The molecule has 3 heterocycles. The van der Waals surface area contributed by atoms with Crippen LogP contribution in [0.4, 0.5) is 5.69 Å². The molecular weight excluding hydrogens is 370 g/mol. The van der Waals surface area contributed by atoms with Crippen molar-refractivity contribution in [3.05, 3.63) is 18.2 Å². The zero-order valence-electron chi connectivity index (χ0n) is 17.4. The summed E-state index contributed by atoms with van der Waals surface area (Å²) in [6.07, 6.45) is 3.99. The Morgan fingerprint density at radius 2 is 1.86 bits per heavy atom. The standard InChI is InChI=1S/C22H31N3O4/c1-22(2,15-24-8-4-3-5-9-24)23-21(27)16-12-20(26)25(14-16)17-6-7-18-19(13-17)29-11-10-28-18/h6-7,13,16H,3-5,8-12,14-15H2,1-2H3,(H,23,27). The van der Waals surface area contributed by atoms with E-state index in [-0.39, 0.29) is 29.7 Å². The molecule has 7 heteroatoms. The Morgan fingerprint density at radius 3 is 2.62 bits per heavy atom. The molecular formula is C22H31N3O4. The lowest BCUT2D eigenvalue weighted by Gasteiger charge is -2.36. The van der Waals surface area contributed by atoms with E-state index in [4.69, 9.17) is 9.47 Å². The molecule has 7 nitrogen and oxygen atoms in total. The second kappa shape index (κ2) is 8.22. The molecule has 1 atom stereocenters. The molecule has 1 aromatic rings. The van der Waals surface area contributed by atoms with Gasteiger partial charge < -0.3 is 24.6 Å². The molecule has 3 aliphatic rings. The van der Waals surface area contributed by atoms with Gasteiger partial charge >= 0.3 is 0 Å². The largest absolute Gasteiger partial charge is 0.486 e. The monoisotopic (exact) mass is 401 g/mol. The van der Waals surface area contributed by atoms with Crippen LogP contribution in [0.25, 0.3) is 0 Å². The SMILES string of the molecule is CC(C)(CN1CCCCC1)NC(=O)C1CC(=O)N(c2ccc3c(c2)OCCO3)C1. The second-order valence-electron chi connectivity index (χ2n) is 8.94. The van der Waals surface area contributed by atoms with E-state index in [1.165, 1.54) is 19.3 Å². The minimum atomic E-state index is -0.337. The van der Waals surface area contributed by atoms with Gasteiger partial charge in [0, 0.05) is 36.8 Å². The lowest BCUT2D eigenvalue weighted by Crippen LogP contribution is -2.54. The number of amides is 2. The van der Waals surface area contributed by atoms with Crippen LogP contribution >= 0.6 is 0 Å².